The van der Waals surface area contributed by atoms with E-state index in [1.807, 2.05) is 97.2 Å². The number of ether oxygens (including phenoxy) is 3. The number of methoxy groups -OCH3 is 2. The second-order valence-electron chi connectivity index (χ2n) is 9.61. The van der Waals surface area contributed by atoms with Crippen LogP contribution in [-0.4, -0.2) is 34.9 Å². The summed E-state index contributed by atoms with van der Waals surface area (Å²) in [5.41, 5.74) is 4.04. The number of anilines is 1. The van der Waals surface area contributed by atoms with E-state index in [9.17, 15) is 4.79 Å². The van der Waals surface area contributed by atoms with E-state index < -0.39 is 0 Å². The van der Waals surface area contributed by atoms with Crippen molar-refractivity contribution in [2.75, 3.05) is 19.1 Å². The maximum Gasteiger partial charge on any atom is 0.337 e. The van der Waals surface area contributed by atoms with Gasteiger partial charge in [-0.05, 0) is 103 Å². The summed E-state index contributed by atoms with van der Waals surface area (Å²) in [6, 6.07) is 32.1. The molecule has 8 nitrogen and oxygen atoms in total. The third kappa shape index (κ3) is 5.29. The first-order valence-corrected chi connectivity index (χ1v) is 13.7. The van der Waals surface area contributed by atoms with Crippen LogP contribution in [0.25, 0.3) is 5.69 Å². The van der Waals surface area contributed by atoms with Crippen molar-refractivity contribution in [3.8, 4) is 22.9 Å². The highest BCUT2D eigenvalue weighted by Crippen LogP contribution is 2.42. The van der Waals surface area contributed by atoms with E-state index >= 15 is 0 Å². The third-order valence-corrected chi connectivity index (χ3v) is 7.45. The Morgan fingerprint density at radius 2 is 1.57 bits per heavy atom. The van der Waals surface area contributed by atoms with Crippen LogP contribution in [0, 0.1) is 0 Å². The summed E-state index contributed by atoms with van der Waals surface area (Å²) in [7, 11) is 3.01. The topological polar surface area (TPSA) is 77.9 Å². The average molecular weight is 577 g/mol. The van der Waals surface area contributed by atoms with Crippen molar-refractivity contribution < 1.29 is 19.0 Å². The zero-order valence-corrected chi connectivity index (χ0v) is 23.8. The Kier molecular flexibility index (Phi) is 7.57. The Morgan fingerprint density at radius 1 is 0.833 bits per heavy atom. The van der Waals surface area contributed by atoms with Gasteiger partial charge >= 0.3 is 5.97 Å². The minimum absolute atomic E-state index is 0.230. The second-order valence-corrected chi connectivity index (χ2v) is 10.00. The van der Waals surface area contributed by atoms with E-state index in [1.165, 1.54) is 7.11 Å². The molecule has 1 saturated heterocycles. The van der Waals surface area contributed by atoms with Crippen molar-refractivity contribution >= 4 is 29.0 Å². The highest BCUT2D eigenvalue weighted by atomic mass is 32.1. The van der Waals surface area contributed by atoms with Crippen LogP contribution in [0.15, 0.2) is 116 Å². The summed E-state index contributed by atoms with van der Waals surface area (Å²) < 4.78 is 18.3. The number of nitrogens with zero attached hydrogens (tertiary/aromatic N) is 3. The maximum atomic E-state index is 12.3. The summed E-state index contributed by atoms with van der Waals surface area (Å²) in [6.45, 7) is 0. The molecule has 2 atom stereocenters. The molecule has 1 aliphatic rings. The van der Waals surface area contributed by atoms with E-state index in [4.69, 9.17) is 26.4 Å². The number of nitrogens with one attached hydrogen (secondary N) is 1. The number of hydrogen-bond donors (Lipinski definition) is 1. The number of aromatic nitrogens is 2. The van der Waals surface area contributed by atoms with E-state index in [1.54, 1.807) is 19.4 Å². The normalized spacial score (nSPS) is 16.1. The molecule has 0 bridgehead atoms. The number of rotatable bonds is 8. The molecule has 0 radical (unpaired) electrons. The predicted molar refractivity (Wildman–Crippen MR) is 165 cm³/mol. The molecule has 5 aromatic rings. The zero-order valence-electron chi connectivity index (χ0n) is 23.0. The van der Waals surface area contributed by atoms with Crippen molar-refractivity contribution in [1.29, 1.82) is 0 Å². The molecule has 42 heavy (non-hydrogen) atoms. The lowest BCUT2D eigenvalue weighted by Crippen LogP contribution is -2.30. The minimum Gasteiger partial charge on any atom is -0.497 e. The van der Waals surface area contributed by atoms with E-state index in [-0.39, 0.29) is 18.1 Å². The molecule has 0 aliphatic carbocycles. The van der Waals surface area contributed by atoms with Gasteiger partial charge in [0.1, 0.15) is 23.3 Å². The van der Waals surface area contributed by atoms with Gasteiger partial charge in [0, 0.05) is 29.5 Å². The maximum absolute atomic E-state index is 12.3. The molecule has 1 fully saturated rings. The molecule has 0 unspecified atom stereocenters. The number of carbonyl (C=O) groups is 1. The molecule has 2 aromatic heterocycles. The molecule has 0 amide bonds. The van der Waals surface area contributed by atoms with Gasteiger partial charge in [-0.3, -0.25) is 4.98 Å². The summed E-state index contributed by atoms with van der Waals surface area (Å²) in [6.07, 6.45) is 3.76. The smallest absolute Gasteiger partial charge is 0.337 e. The predicted octanol–water partition coefficient (Wildman–Crippen LogP) is 6.64. The van der Waals surface area contributed by atoms with Crippen molar-refractivity contribution in [2.45, 2.75) is 12.1 Å². The molecule has 3 heterocycles. The monoisotopic (exact) mass is 576 g/mol. The van der Waals surface area contributed by atoms with Crippen LogP contribution in [0.2, 0.25) is 0 Å². The number of thiocarbonyl (C=S) groups is 1. The first-order chi connectivity index (χ1) is 20.6. The fraction of sp³-hybridized carbons (Fsp3) is 0.121. The van der Waals surface area contributed by atoms with Gasteiger partial charge in [-0.25, -0.2) is 4.79 Å². The molecule has 3 aromatic carbocycles. The Bertz CT molecular complexity index is 1700. The molecule has 9 heteroatoms. The van der Waals surface area contributed by atoms with Crippen LogP contribution in [0.3, 0.4) is 0 Å². The zero-order chi connectivity index (χ0) is 29.1. The average Bonchev–Trinajstić information content (AvgIpc) is 3.66. The molecular formula is C33H28N4O4S. The lowest BCUT2D eigenvalue weighted by molar-refractivity contribution is 0.0600. The number of benzene rings is 3. The Balaban J connectivity index is 1.37. The van der Waals surface area contributed by atoms with Gasteiger partial charge in [-0.2, -0.15) is 0 Å². The SMILES string of the molecule is COC(=O)c1cccc(-n2cccc2[C@H]2[C@@H](c3ccccn3)NC(=S)N2c2ccc(Oc3ccc(OC)cc3)cc2)c1. The Hall–Kier alpha value is -5.15. The van der Waals surface area contributed by atoms with Crippen LogP contribution < -0.4 is 19.7 Å². The number of pyridine rings is 1. The molecule has 1 N–H and O–H groups in total. The lowest BCUT2D eigenvalue weighted by atomic mass is 10.0. The van der Waals surface area contributed by atoms with Crippen molar-refractivity contribution in [2.24, 2.45) is 0 Å². The highest BCUT2D eigenvalue weighted by Gasteiger charge is 2.42. The van der Waals surface area contributed by atoms with Gasteiger partial charge < -0.3 is 29.0 Å². The third-order valence-electron chi connectivity index (χ3n) is 7.14. The van der Waals surface area contributed by atoms with Crippen LogP contribution in [0.4, 0.5) is 5.69 Å². The van der Waals surface area contributed by atoms with Crippen molar-refractivity contribution in [3.05, 3.63) is 132 Å². The van der Waals surface area contributed by atoms with E-state index in [2.05, 4.69) is 25.8 Å². The Labute approximate surface area is 249 Å². The molecule has 6 rings (SSSR count). The summed E-state index contributed by atoms with van der Waals surface area (Å²) in [5, 5.41) is 4.08. The first-order valence-electron chi connectivity index (χ1n) is 13.3. The molecule has 0 saturated carbocycles. The summed E-state index contributed by atoms with van der Waals surface area (Å²) in [5.74, 6) is 1.78. The lowest BCUT2D eigenvalue weighted by Gasteiger charge is -2.29. The number of esters is 1. The van der Waals surface area contributed by atoms with Crippen LogP contribution >= 0.6 is 12.2 Å². The summed E-state index contributed by atoms with van der Waals surface area (Å²) >= 11 is 5.92. The van der Waals surface area contributed by atoms with Crippen molar-refractivity contribution in [3.63, 3.8) is 0 Å². The number of carbonyl (C=O) groups excluding carboxylic acids is 1. The van der Waals surface area contributed by atoms with Gasteiger partial charge in [0.05, 0.1) is 31.5 Å². The van der Waals surface area contributed by atoms with Gasteiger partial charge in [-0.1, -0.05) is 12.1 Å². The standard InChI is InChI=1S/C33H28N4O4S/c1-39-25-15-17-27(18-16-25)41-26-13-11-23(12-14-26)37-31(30(35-33(37)42)28-9-3-4-19-34-28)29-10-6-20-36(29)24-8-5-7-22(21-24)32(38)40-2/h3-21,30-31H,1-2H3,(H,35,42)/t30-,31+/m1/s1. The van der Waals surface area contributed by atoms with Gasteiger partial charge in [-0.15, -0.1) is 0 Å². The highest BCUT2D eigenvalue weighted by molar-refractivity contribution is 7.80. The Morgan fingerprint density at radius 3 is 2.26 bits per heavy atom. The van der Waals surface area contributed by atoms with Crippen LogP contribution in [0.1, 0.15) is 33.8 Å². The molecule has 210 valence electrons. The van der Waals surface area contributed by atoms with Gasteiger partial charge in [0.25, 0.3) is 0 Å². The van der Waals surface area contributed by atoms with E-state index in [0.717, 1.165) is 28.5 Å². The van der Waals surface area contributed by atoms with Gasteiger partial charge in [0.2, 0.25) is 0 Å². The minimum atomic E-state index is -0.390. The second kappa shape index (κ2) is 11.8. The molecule has 0 spiro atoms. The van der Waals surface area contributed by atoms with E-state index in [0.29, 0.717) is 22.2 Å². The quantitative estimate of drug-likeness (QED) is 0.163. The van der Waals surface area contributed by atoms with Crippen LogP contribution in [-0.2, 0) is 4.74 Å². The number of hydrogen-bond acceptors (Lipinski definition) is 6. The molecule has 1 aliphatic heterocycles. The fourth-order valence-corrected chi connectivity index (χ4v) is 5.50. The van der Waals surface area contributed by atoms with Gasteiger partial charge in [0.15, 0.2) is 5.11 Å². The largest absolute Gasteiger partial charge is 0.497 e. The first kappa shape index (κ1) is 27.0. The summed E-state index contributed by atoms with van der Waals surface area (Å²) in [4.78, 5) is 19.0. The fourth-order valence-electron chi connectivity index (χ4n) is 5.16. The van der Waals surface area contributed by atoms with Crippen molar-refractivity contribution in [1.82, 2.24) is 14.9 Å². The van der Waals surface area contributed by atoms with Crippen LogP contribution in [0.5, 0.6) is 17.2 Å². The molecular weight excluding hydrogens is 548 g/mol.